The predicted molar refractivity (Wildman–Crippen MR) is 132 cm³/mol. The van der Waals surface area contributed by atoms with E-state index in [2.05, 4.69) is 15.6 Å². The lowest BCUT2D eigenvalue weighted by Gasteiger charge is -2.23. The van der Waals surface area contributed by atoms with Gasteiger partial charge in [-0.25, -0.2) is 0 Å². The normalized spacial score (nSPS) is 17.3. The number of nitrogens with zero attached hydrogens (tertiary/aromatic N) is 2. The highest BCUT2D eigenvalue weighted by Crippen LogP contribution is 2.35. The van der Waals surface area contributed by atoms with Crippen molar-refractivity contribution in [1.29, 1.82) is 0 Å². The van der Waals surface area contributed by atoms with E-state index in [4.69, 9.17) is 14.5 Å². The summed E-state index contributed by atoms with van der Waals surface area (Å²) in [7, 11) is 0. The maximum atomic E-state index is 12.5. The Kier molecular flexibility index (Phi) is 6.75. The van der Waals surface area contributed by atoms with Crippen LogP contribution in [0.5, 0.6) is 5.75 Å². The smallest absolute Gasteiger partial charge is 0.306 e. The summed E-state index contributed by atoms with van der Waals surface area (Å²) >= 11 is 0. The second-order valence-corrected chi connectivity index (χ2v) is 8.84. The number of aliphatic carboxylic acids is 1. The number of hydroxylamine groups is 1. The lowest BCUT2D eigenvalue weighted by Crippen LogP contribution is -2.26. The lowest BCUT2D eigenvalue weighted by molar-refractivity contribution is -0.142. The van der Waals surface area contributed by atoms with Crippen LogP contribution in [-0.4, -0.2) is 27.1 Å². The zero-order valence-electron chi connectivity index (χ0n) is 19.5. The minimum absolute atomic E-state index is 0.0748. The van der Waals surface area contributed by atoms with Gasteiger partial charge in [0, 0.05) is 17.0 Å². The van der Waals surface area contributed by atoms with Crippen molar-refractivity contribution in [2.75, 3.05) is 0 Å². The van der Waals surface area contributed by atoms with Gasteiger partial charge in [0.1, 0.15) is 0 Å². The van der Waals surface area contributed by atoms with Gasteiger partial charge in [0.15, 0.2) is 5.75 Å². The fraction of sp³-hybridized carbons (Fsp3) is 0.214. The van der Waals surface area contributed by atoms with Crippen LogP contribution in [0.3, 0.4) is 0 Å². The zero-order valence-corrected chi connectivity index (χ0v) is 19.5. The third-order valence-electron chi connectivity index (χ3n) is 6.50. The predicted octanol–water partition coefficient (Wildman–Crippen LogP) is 5.49. The molecule has 2 N–H and O–H groups in total. The number of carboxylic acid groups (broad SMARTS) is 1. The van der Waals surface area contributed by atoms with Gasteiger partial charge in [-0.2, -0.15) is 10.5 Å². The highest BCUT2D eigenvalue weighted by Gasteiger charge is 2.29. The van der Waals surface area contributed by atoms with Crippen LogP contribution in [0, 0.1) is 5.92 Å². The number of carboxylic acids is 1. The van der Waals surface area contributed by atoms with E-state index < -0.39 is 5.97 Å². The van der Waals surface area contributed by atoms with E-state index in [9.17, 15) is 9.59 Å². The summed E-state index contributed by atoms with van der Waals surface area (Å²) in [5, 5.41) is 13.2. The molecule has 1 heterocycles. The molecule has 0 spiro atoms. The highest BCUT2D eigenvalue weighted by molar-refractivity contribution is 5.94. The summed E-state index contributed by atoms with van der Waals surface area (Å²) in [4.78, 5) is 33.6. The fourth-order valence-corrected chi connectivity index (χ4v) is 4.39. The van der Waals surface area contributed by atoms with Gasteiger partial charge < -0.3 is 14.5 Å². The maximum Gasteiger partial charge on any atom is 0.306 e. The summed E-state index contributed by atoms with van der Waals surface area (Å²) in [5.74, 6) is 0.157. The first-order valence-electron chi connectivity index (χ1n) is 11.9. The second kappa shape index (κ2) is 10.4. The van der Waals surface area contributed by atoms with Gasteiger partial charge in [-0.1, -0.05) is 59.8 Å². The largest absolute Gasteiger partial charge is 0.481 e. The molecule has 5 rings (SSSR count). The van der Waals surface area contributed by atoms with Crippen LogP contribution in [0.15, 0.2) is 83.4 Å². The van der Waals surface area contributed by atoms with E-state index in [-0.39, 0.29) is 17.7 Å². The number of aromatic nitrogens is 2. The molecule has 1 fully saturated rings. The zero-order chi connectivity index (χ0) is 24.9. The number of benzene rings is 3. The number of carbonyl (C=O) groups is 2. The summed E-state index contributed by atoms with van der Waals surface area (Å²) in [6.07, 6.45) is 2.65. The Morgan fingerprint density at radius 1 is 0.833 bits per heavy atom. The van der Waals surface area contributed by atoms with Gasteiger partial charge in [-0.05, 0) is 61.1 Å². The van der Waals surface area contributed by atoms with Crippen molar-refractivity contribution in [1.82, 2.24) is 15.6 Å². The molecule has 4 aromatic rings. The van der Waals surface area contributed by atoms with Gasteiger partial charge in [0.25, 0.3) is 5.91 Å². The maximum absolute atomic E-state index is 12.5. The molecule has 1 aromatic heterocycles. The van der Waals surface area contributed by atoms with Gasteiger partial charge in [0.05, 0.1) is 5.92 Å². The summed E-state index contributed by atoms with van der Waals surface area (Å²) < 4.78 is 5.45. The second-order valence-electron chi connectivity index (χ2n) is 8.84. The van der Waals surface area contributed by atoms with Gasteiger partial charge in [-0.3, -0.25) is 9.59 Å². The SMILES string of the molecule is O=C(NOc1ccc(-c2ccccc2)cc1)c1ccc(-c2noc(C3CCC(C(=O)O)CC3)n2)cc1. The lowest BCUT2D eigenvalue weighted by atomic mass is 9.82. The molecule has 182 valence electrons. The third-order valence-corrected chi connectivity index (χ3v) is 6.50. The molecule has 0 aliphatic heterocycles. The molecule has 0 atom stereocenters. The van der Waals surface area contributed by atoms with Crippen molar-refractivity contribution in [2.24, 2.45) is 5.92 Å². The molecule has 8 nitrogen and oxygen atoms in total. The molecule has 0 saturated heterocycles. The molecule has 0 unspecified atom stereocenters. The first kappa shape index (κ1) is 23.3. The van der Waals surface area contributed by atoms with Crippen LogP contribution in [0.2, 0.25) is 0 Å². The highest BCUT2D eigenvalue weighted by atomic mass is 16.7. The van der Waals surface area contributed by atoms with Crippen molar-refractivity contribution in [3.63, 3.8) is 0 Å². The summed E-state index contributed by atoms with van der Waals surface area (Å²) in [6, 6.07) is 24.3. The van der Waals surface area contributed by atoms with Crippen LogP contribution in [0.25, 0.3) is 22.5 Å². The van der Waals surface area contributed by atoms with E-state index in [0.29, 0.717) is 48.7 Å². The molecule has 1 amide bonds. The summed E-state index contributed by atoms with van der Waals surface area (Å²) in [5.41, 5.74) is 5.77. The third kappa shape index (κ3) is 5.27. The van der Waals surface area contributed by atoms with Crippen LogP contribution >= 0.6 is 0 Å². The van der Waals surface area contributed by atoms with Crippen LogP contribution in [0.4, 0.5) is 0 Å². The van der Waals surface area contributed by atoms with E-state index in [0.717, 1.165) is 16.7 Å². The fourth-order valence-electron chi connectivity index (χ4n) is 4.39. The van der Waals surface area contributed by atoms with Crippen molar-refractivity contribution >= 4 is 11.9 Å². The molecule has 3 aromatic carbocycles. The average Bonchev–Trinajstić information content (AvgIpc) is 3.43. The number of amides is 1. The van der Waals surface area contributed by atoms with Crippen LogP contribution in [-0.2, 0) is 4.79 Å². The molecule has 1 aliphatic rings. The van der Waals surface area contributed by atoms with Crippen LogP contribution < -0.4 is 10.3 Å². The van der Waals surface area contributed by atoms with Crippen molar-refractivity contribution < 1.29 is 24.1 Å². The van der Waals surface area contributed by atoms with Crippen molar-refractivity contribution in [3.05, 3.63) is 90.3 Å². The van der Waals surface area contributed by atoms with E-state index in [1.54, 1.807) is 36.4 Å². The Bertz CT molecular complexity index is 1330. The van der Waals surface area contributed by atoms with E-state index >= 15 is 0 Å². The van der Waals surface area contributed by atoms with E-state index in [1.807, 2.05) is 42.5 Å². The summed E-state index contributed by atoms with van der Waals surface area (Å²) in [6.45, 7) is 0. The Morgan fingerprint density at radius 3 is 2.14 bits per heavy atom. The Labute approximate surface area is 207 Å². The Morgan fingerprint density at radius 2 is 1.47 bits per heavy atom. The minimum Gasteiger partial charge on any atom is -0.481 e. The van der Waals surface area contributed by atoms with Gasteiger partial charge in [0.2, 0.25) is 11.7 Å². The molecule has 8 heteroatoms. The number of hydrogen-bond acceptors (Lipinski definition) is 6. The van der Waals surface area contributed by atoms with Crippen LogP contribution in [0.1, 0.15) is 47.8 Å². The number of rotatable bonds is 7. The molecular weight excluding hydrogens is 458 g/mol. The average molecular weight is 484 g/mol. The van der Waals surface area contributed by atoms with Gasteiger partial charge >= 0.3 is 5.97 Å². The molecule has 0 bridgehead atoms. The van der Waals surface area contributed by atoms with Gasteiger partial charge in [-0.15, -0.1) is 0 Å². The molecule has 1 saturated carbocycles. The number of carbonyl (C=O) groups excluding carboxylic acids is 1. The first-order valence-corrected chi connectivity index (χ1v) is 11.9. The molecule has 36 heavy (non-hydrogen) atoms. The quantitative estimate of drug-likeness (QED) is 0.334. The Hall–Kier alpha value is -4.46. The topological polar surface area (TPSA) is 115 Å². The Balaban J connectivity index is 1.16. The number of nitrogens with one attached hydrogen (secondary N) is 1. The molecule has 0 radical (unpaired) electrons. The molecular formula is C28H25N3O5. The van der Waals surface area contributed by atoms with Crippen molar-refractivity contribution in [2.45, 2.75) is 31.6 Å². The monoisotopic (exact) mass is 483 g/mol. The standard InChI is InChI=1S/C28H25N3O5/c32-26(31-35-24-16-14-19(15-17-24)18-4-2-1-3-5-18)21-8-6-20(7-9-21)25-29-27(36-30-25)22-10-12-23(13-11-22)28(33)34/h1-9,14-17,22-23H,10-13H2,(H,31,32)(H,33,34). The molecule has 1 aliphatic carbocycles. The number of hydrogen-bond donors (Lipinski definition) is 2. The first-order chi connectivity index (χ1) is 17.6. The minimum atomic E-state index is -0.741. The van der Waals surface area contributed by atoms with E-state index in [1.165, 1.54) is 0 Å². The van der Waals surface area contributed by atoms with Crippen molar-refractivity contribution in [3.8, 4) is 28.3 Å².